The van der Waals surface area contributed by atoms with Crippen LogP contribution in [0.4, 0.5) is 0 Å². The topological polar surface area (TPSA) is 76.2 Å². The molecule has 0 saturated heterocycles. The summed E-state index contributed by atoms with van der Waals surface area (Å²) in [6, 6.07) is 8.08. The Labute approximate surface area is 152 Å². The molecule has 2 aromatic heterocycles. The van der Waals surface area contributed by atoms with E-state index in [1.54, 1.807) is 24.0 Å². The fourth-order valence-corrected chi connectivity index (χ4v) is 2.75. The van der Waals surface area contributed by atoms with Gasteiger partial charge in [0.05, 0.1) is 11.8 Å². The Hall–Kier alpha value is -2.93. The summed E-state index contributed by atoms with van der Waals surface area (Å²) in [6.45, 7) is 3.00. The highest BCUT2D eigenvalue weighted by molar-refractivity contribution is 5.93. The molecule has 0 radical (unpaired) electrons. The highest BCUT2D eigenvalue weighted by atomic mass is 16.4. The molecular weight excluding hydrogens is 330 g/mol. The second kappa shape index (κ2) is 7.53. The third-order valence-corrected chi connectivity index (χ3v) is 4.01. The van der Waals surface area contributed by atoms with Crippen LogP contribution in [0.15, 0.2) is 41.1 Å². The van der Waals surface area contributed by atoms with Gasteiger partial charge in [0.15, 0.2) is 5.69 Å². The fourth-order valence-electron chi connectivity index (χ4n) is 2.75. The van der Waals surface area contributed by atoms with Crippen molar-refractivity contribution in [1.82, 2.24) is 25.0 Å². The number of nitrogens with zero attached hydrogens (tertiary/aromatic N) is 4. The first-order valence-electron chi connectivity index (χ1n) is 8.40. The standard InChI is InChI=1S/C19H23N5O2/c1-13-17(22-19(26-13)16-10-21-24(4)12-16)18(25)20-9-14-7-5-6-8-15(14)11-23(2)3/h5-8,10,12H,9,11H2,1-4H3,(H,20,25). The summed E-state index contributed by atoms with van der Waals surface area (Å²) in [4.78, 5) is 19.0. The Morgan fingerprint density at radius 3 is 2.65 bits per heavy atom. The maximum atomic E-state index is 12.6. The molecule has 0 aliphatic heterocycles. The van der Waals surface area contributed by atoms with Gasteiger partial charge in [-0.1, -0.05) is 24.3 Å². The van der Waals surface area contributed by atoms with Crippen LogP contribution in [0, 0.1) is 6.92 Å². The fraction of sp³-hybridized carbons (Fsp3) is 0.316. The smallest absolute Gasteiger partial charge is 0.273 e. The molecule has 1 N–H and O–H groups in total. The summed E-state index contributed by atoms with van der Waals surface area (Å²) in [7, 11) is 5.86. The summed E-state index contributed by atoms with van der Waals surface area (Å²) in [6.07, 6.45) is 3.45. The predicted octanol–water partition coefficient (Wildman–Crippen LogP) is 2.38. The number of amides is 1. The van der Waals surface area contributed by atoms with Crippen molar-refractivity contribution in [3.8, 4) is 11.5 Å². The van der Waals surface area contributed by atoms with Crippen LogP contribution < -0.4 is 5.32 Å². The molecule has 3 aromatic rings. The van der Waals surface area contributed by atoms with E-state index in [4.69, 9.17) is 4.42 Å². The average Bonchev–Trinajstić information content (AvgIpc) is 3.19. The van der Waals surface area contributed by atoms with Gasteiger partial charge >= 0.3 is 0 Å². The van der Waals surface area contributed by atoms with E-state index in [0.717, 1.165) is 17.7 Å². The molecule has 2 heterocycles. The minimum absolute atomic E-state index is 0.249. The van der Waals surface area contributed by atoms with Crippen LogP contribution in [0.1, 0.15) is 27.4 Å². The van der Waals surface area contributed by atoms with Gasteiger partial charge in [0.2, 0.25) is 5.89 Å². The largest absolute Gasteiger partial charge is 0.440 e. The van der Waals surface area contributed by atoms with Crippen molar-refractivity contribution >= 4 is 5.91 Å². The summed E-state index contributed by atoms with van der Waals surface area (Å²) in [5.41, 5.74) is 3.31. The Morgan fingerprint density at radius 1 is 1.27 bits per heavy atom. The van der Waals surface area contributed by atoms with E-state index >= 15 is 0 Å². The number of aryl methyl sites for hydroxylation is 2. The Kier molecular flexibility index (Phi) is 5.18. The number of nitrogens with one attached hydrogen (secondary N) is 1. The zero-order chi connectivity index (χ0) is 18.7. The van der Waals surface area contributed by atoms with Crippen LogP contribution >= 0.6 is 0 Å². The second-order valence-corrected chi connectivity index (χ2v) is 6.52. The molecule has 7 heteroatoms. The Bertz CT molecular complexity index is 910. The maximum Gasteiger partial charge on any atom is 0.273 e. The number of oxazole rings is 1. The Morgan fingerprint density at radius 2 is 2.00 bits per heavy atom. The van der Waals surface area contributed by atoms with Crippen LogP contribution in [0.25, 0.3) is 11.5 Å². The summed E-state index contributed by atoms with van der Waals surface area (Å²) in [5, 5.41) is 7.04. The molecule has 0 bridgehead atoms. The number of benzene rings is 1. The van der Waals surface area contributed by atoms with Gasteiger partial charge in [-0.3, -0.25) is 9.48 Å². The molecular formula is C19H23N5O2. The molecule has 1 aromatic carbocycles. The van der Waals surface area contributed by atoms with E-state index in [1.807, 2.05) is 39.3 Å². The van der Waals surface area contributed by atoms with Crippen LogP contribution in [-0.4, -0.2) is 39.7 Å². The van der Waals surface area contributed by atoms with Gasteiger partial charge in [-0.2, -0.15) is 5.10 Å². The lowest BCUT2D eigenvalue weighted by Gasteiger charge is -2.14. The molecule has 3 rings (SSSR count). The SMILES string of the molecule is Cc1oc(-c2cnn(C)c2)nc1C(=O)NCc1ccccc1CN(C)C. The van der Waals surface area contributed by atoms with Gasteiger partial charge in [-0.15, -0.1) is 0 Å². The quantitative estimate of drug-likeness (QED) is 0.736. The molecule has 0 fully saturated rings. The van der Waals surface area contributed by atoms with E-state index in [-0.39, 0.29) is 5.91 Å². The van der Waals surface area contributed by atoms with Gasteiger partial charge in [0.1, 0.15) is 5.76 Å². The van der Waals surface area contributed by atoms with Crippen molar-refractivity contribution in [1.29, 1.82) is 0 Å². The van der Waals surface area contributed by atoms with E-state index in [9.17, 15) is 4.79 Å². The number of carbonyl (C=O) groups excluding carboxylic acids is 1. The van der Waals surface area contributed by atoms with Crippen molar-refractivity contribution < 1.29 is 9.21 Å². The number of hydrogen-bond acceptors (Lipinski definition) is 5. The molecule has 0 unspecified atom stereocenters. The lowest BCUT2D eigenvalue weighted by molar-refractivity contribution is 0.0945. The van der Waals surface area contributed by atoms with Gasteiger partial charge in [0, 0.05) is 26.3 Å². The molecule has 0 spiro atoms. The van der Waals surface area contributed by atoms with Gasteiger partial charge < -0.3 is 14.6 Å². The molecule has 0 aliphatic carbocycles. The molecule has 0 atom stereocenters. The van der Waals surface area contributed by atoms with Crippen molar-refractivity contribution in [3.63, 3.8) is 0 Å². The van der Waals surface area contributed by atoms with Gasteiger partial charge in [-0.25, -0.2) is 4.98 Å². The van der Waals surface area contributed by atoms with Crippen molar-refractivity contribution in [3.05, 3.63) is 59.2 Å². The van der Waals surface area contributed by atoms with E-state index < -0.39 is 0 Å². The predicted molar refractivity (Wildman–Crippen MR) is 98.4 cm³/mol. The number of rotatable bonds is 6. The molecule has 0 saturated carbocycles. The Balaban J connectivity index is 1.72. The number of carbonyl (C=O) groups is 1. The monoisotopic (exact) mass is 353 g/mol. The normalized spacial score (nSPS) is 11.1. The summed E-state index contributed by atoms with van der Waals surface area (Å²) < 4.78 is 7.29. The average molecular weight is 353 g/mol. The number of aromatic nitrogens is 3. The third-order valence-electron chi connectivity index (χ3n) is 4.01. The highest BCUT2D eigenvalue weighted by Crippen LogP contribution is 2.21. The first kappa shape index (κ1) is 17.9. The van der Waals surface area contributed by atoms with Gasteiger partial charge in [0.25, 0.3) is 5.91 Å². The van der Waals surface area contributed by atoms with Crippen LogP contribution in [-0.2, 0) is 20.1 Å². The minimum Gasteiger partial charge on any atom is -0.440 e. The number of hydrogen-bond donors (Lipinski definition) is 1. The molecule has 136 valence electrons. The summed E-state index contributed by atoms with van der Waals surface area (Å²) in [5.74, 6) is 0.637. The molecule has 1 amide bonds. The second-order valence-electron chi connectivity index (χ2n) is 6.52. The van der Waals surface area contributed by atoms with E-state index in [1.165, 1.54) is 5.56 Å². The third kappa shape index (κ3) is 4.00. The van der Waals surface area contributed by atoms with Crippen molar-refractivity contribution in [2.45, 2.75) is 20.0 Å². The van der Waals surface area contributed by atoms with Gasteiger partial charge in [-0.05, 0) is 32.1 Å². The molecule has 7 nitrogen and oxygen atoms in total. The molecule has 26 heavy (non-hydrogen) atoms. The first-order chi connectivity index (χ1) is 12.4. The zero-order valence-corrected chi connectivity index (χ0v) is 15.5. The van der Waals surface area contributed by atoms with Crippen molar-refractivity contribution in [2.24, 2.45) is 7.05 Å². The molecule has 0 aliphatic rings. The highest BCUT2D eigenvalue weighted by Gasteiger charge is 2.19. The van der Waals surface area contributed by atoms with Crippen LogP contribution in [0.3, 0.4) is 0 Å². The van der Waals surface area contributed by atoms with Crippen LogP contribution in [0.2, 0.25) is 0 Å². The van der Waals surface area contributed by atoms with E-state index in [0.29, 0.717) is 23.9 Å². The van der Waals surface area contributed by atoms with Crippen molar-refractivity contribution in [2.75, 3.05) is 14.1 Å². The first-order valence-corrected chi connectivity index (χ1v) is 8.40. The zero-order valence-electron chi connectivity index (χ0n) is 15.5. The lowest BCUT2D eigenvalue weighted by Crippen LogP contribution is -2.25. The summed E-state index contributed by atoms with van der Waals surface area (Å²) >= 11 is 0. The van der Waals surface area contributed by atoms with E-state index in [2.05, 4.69) is 26.4 Å². The lowest BCUT2D eigenvalue weighted by atomic mass is 10.1. The minimum atomic E-state index is -0.249. The van der Waals surface area contributed by atoms with Crippen LogP contribution in [0.5, 0.6) is 0 Å². The maximum absolute atomic E-state index is 12.6.